The molecule has 0 amide bonds. The summed E-state index contributed by atoms with van der Waals surface area (Å²) in [7, 11) is 0. The fourth-order valence-electron chi connectivity index (χ4n) is 3.65. The van der Waals surface area contributed by atoms with Crippen LogP contribution in [0, 0.1) is 9.49 Å². The molecule has 1 nitrogen and oxygen atoms in total. The largest absolute Gasteiger partial charge is 0.377 e. The van der Waals surface area contributed by atoms with Crippen LogP contribution in [0.1, 0.15) is 29.5 Å². The van der Waals surface area contributed by atoms with Gasteiger partial charge in [0.2, 0.25) is 0 Å². The average molecular weight is 442 g/mol. The van der Waals surface area contributed by atoms with Crippen LogP contribution in [0.5, 0.6) is 0 Å². The molecule has 2 aliphatic rings. The standard InChI is InChI=1S/C18H14Cl2IN/c19-14-8-2-7-13(16(14)20)17-11-5-1-4-10(11)12-6-3-9-15(21)18(12)22-17/h1-4,6-11,17,22H,5H2/t10-,11+,17-/m0/s1. The van der Waals surface area contributed by atoms with Crippen molar-refractivity contribution in [3.05, 3.63) is 73.3 Å². The fraction of sp³-hybridized carbons (Fsp3) is 0.222. The first-order chi connectivity index (χ1) is 10.7. The summed E-state index contributed by atoms with van der Waals surface area (Å²) in [6.07, 6.45) is 5.69. The molecule has 0 aromatic heterocycles. The molecule has 2 aromatic rings. The van der Waals surface area contributed by atoms with E-state index in [0.717, 1.165) is 12.0 Å². The molecule has 0 bridgehead atoms. The lowest BCUT2D eigenvalue weighted by Crippen LogP contribution is -2.29. The molecule has 1 heterocycles. The number of benzene rings is 2. The van der Waals surface area contributed by atoms with Crippen LogP contribution >= 0.6 is 45.8 Å². The average Bonchev–Trinajstić information content (AvgIpc) is 3.00. The van der Waals surface area contributed by atoms with E-state index in [-0.39, 0.29) is 6.04 Å². The molecule has 0 spiro atoms. The molecule has 1 aliphatic carbocycles. The summed E-state index contributed by atoms with van der Waals surface area (Å²) in [5.41, 5.74) is 3.72. The minimum Gasteiger partial charge on any atom is -0.377 e. The molecule has 1 N–H and O–H groups in total. The Kier molecular flexibility index (Phi) is 3.87. The van der Waals surface area contributed by atoms with Gasteiger partial charge in [-0.2, -0.15) is 0 Å². The number of para-hydroxylation sites is 1. The number of allylic oxidation sites excluding steroid dienone is 2. The van der Waals surface area contributed by atoms with Crippen molar-refractivity contribution in [2.45, 2.75) is 18.4 Å². The number of hydrogen-bond acceptors (Lipinski definition) is 1. The third-order valence-electron chi connectivity index (χ3n) is 4.66. The monoisotopic (exact) mass is 441 g/mol. The Morgan fingerprint density at radius 1 is 1.05 bits per heavy atom. The Morgan fingerprint density at radius 2 is 1.82 bits per heavy atom. The molecular formula is C18H14Cl2IN. The molecular weight excluding hydrogens is 428 g/mol. The molecule has 4 rings (SSSR count). The zero-order chi connectivity index (χ0) is 15.3. The summed E-state index contributed by atoms with van der Waals surface area (Å²) in [6, 6.07) is 12.6. The summed E-state index contributed by atoms with van der Waals surface area (Å²) in [6.45, 7) is 0. The molecule has 0 saturated carbocycles. The summed E-state index contributed by atoms with van der Waals surface area (Å²) < 4.78 is 1.25. The highest BCUT2D eigenvalue weighted by Crippen LogP contribution is 2.52. The quantitative estimate of drug-likeness (QED) is 0.397. The van der Waals surface area contributed by atoms with E-state index in [9.17, 15) is 0 Å². The van der Waals surface area contributed by atoms with E-state index in [4.69, 9.17) is 23.2 Å². The highest BCUT2D eigenvalue weighted by molar-refractivity contribution is 14.1. The Morgan fingerprint density at radius 3 is 2.68 bits per heavy atom. The van der Waals surface area contributed by atoms with Crippen LogP contribution in [-0.4, -0.2) is 0 Å². The van der Waals surface area contributed by atoms with Crippen molar-refractivity contribution in [3.63, 3.8) is 0 Å². The molecule has 0 saturated heterocycles. The zero-order valence-corrected chi connectivity index (χ0v) is 15.4. The number of rotatable bonds is 1. The summed E-state index contributed by atoms with van der Waals surface area (Å²) in [5, 5.41) is 5.02. The Labute approximate surface area is 153 Å². The van der Waals surface area contributed by atoms with Crippen LogP contribution in [0.15, 0.2) is 48.6 Å². The minimum atomic E-state index is 0.189. The number of halogens is 3. The van der Waals surface area contributed by atoms with E-state index in [1.165, 1.54) is 14.8 Å². The van der Waals surface area contributed by atoms with Crippen LogP contribution in [-0.2, 0) is 0 Å². The van der Waals surface area contributed by atoms with Crippen LogP contribution in [0.2, 0.25) is 10.0 Å². The second kappa shape index (κ2) is 5.73. The van der Waals surface area contributed by atoms with Crippen molar-refractivity contribution in [2.75, 3.05) is 5.32 Å². The first-order valence-corrected chi connectivity index (χ1v) is 9.16. The van der Waals surface area contributed by atoms with E-state index < -0.39 is 0 Å². The van der Waals surface area contributed by atoms with Gasteiger partial charge >= 0.3 is 0 Å². The topological polar surface area (TPSA) is 12.0 Å². The van der Waals surface area contributed by atoms with Gasteiger partial charge in [-0.3, -0.25) is 0 Å². The summed E-state index contributed by atoms with van der Waals surface area (Å²) in [4.78, 5) is 0. The van der Waals surface area contributed by atoms with Gasteiger partial charge in [-0.05, 0) is 58.2 Å². The van der Waals surface area contributed by atoms with E-state index in [0.29, 0.717) is 21.9 Å². The van der Waals surface area contributed by atoms with Gasteiger partial charge in [0.1, 0.15) is 0 Å². The van der Waals surface area contributed by atoms with Crippen molar-refractivity contribution in [1.29, 1.82) is 0 Å². The SMILES string of the molecule is Clc1cccc([C@H]2Nc3c(I)cccc3[C@H]3C=CC[C@H]32)c1Cl. The molecule has 112 valence electrons. The Balaban J connectivity index is 1.86. The number of fused-ring (bicyclic) bond motifs is 3. The Bertz CT molecular complexity index is 772. The van der Waals surface area contributed by atoms with Crippen molar-refractivity contribution in [3.8, 4) is 0 Å². The second-order valence-electron chi connectivity index (χ2n) is 5.82. The van der Waals surface area contributed by atoms with E-state index in [1.54, 1.807) is 0 Å². The minimum absolute atomic E-state index is 0.189. The molecule has 0 unspecified atom stereocenters. The lowest BCUT2D eigenvalue weighted by molar-refractivity contribution is 0.425. The molecule has 4 heteroatoms. The summed E-state index contributed by atoms with van der Waals surface area (Å²) in [5.74, 6) is 0.938. The molecule has 22 heavy (non-hydrogen) atoms. The predicted octanol–water partition coefficient (Wildman–Crippen LogP) is 6.42. The van der Waals surface area contributed by atoms with Crippen LogP contribution in [0.3, 0.4) is 0 Å². The van der Waals surface area contributed by atoms with Gasteiger partial charge in [-0.15, -0.1) is 0 Å². The maximum Gasteiger partial charge on any atom is 0.0645 e. The van der Waals surface area contributed by atoms with Gasteiger partial charge in [0, 0.05) is 9.49 Å². The normalized spacial score (nSPS) is 25.5. The molecule has 0 radical (unpaired) electrons. The number of anilines is 1. The van der Waals surface area contributed by atoms with Crippen molar-refractivity contribution < 1.29 is 0 Å². The zero-order valence-electron chi connectivity index (χ0n) is 11.7. The van der Waals surface area contributed by atoms with E-state index in [1.807, 2.05) is 12.1 Å². The van der Waals surface area contributed by atoms with E-state index in [2.05, 4.69) is 64.3 Å². The molecule has 2 aromatic carbocycles. The molecule has 0 fully saturated rings. The van der Waals surface area contributed by atoms with Crippen molar-refractivity contribution in [2.24, 2.45) is 5.92 Å². The fourth-order valence-corrected chi connectivity index (χ4v) is 4.75. The maximum atomic E-state index is 6.49. The third kappa shape index (κ3) is 2.27. The number of nitrogens with one attached hydrogen (secondary N) is 1. The lowest BCUT2D eigenvalue weighted by Gasteiger charge is -2.38. The highest BCUT2D eigenvalue weighted by atomic mass is 127. The van der Waals surface area contributed by atoms with Crippen LogP contribution in [0.25, 0.3) is 0 Å². The van der Waals surface area contributed by atoms with Gasteiger partial charge in [-0.1, -0.05) is 59.6 Å². The first kappa shape index (κ1) is 14.9. The van der Waals surface area contributed by atoms with E-state index >= 15 is 0 Å². The van der Waals surface area contributed by atoms with Gasteiger partial charge in [0.05, 0.1) is 21.8 Å². The third-order valence-corrected chi connectivity index (χ3v) is 6.39. The number of hydrogen-bond donors (Lipinski definition) is 1. The smallest absolute Gasteiger partial charge is 0.0645 e. The van der Waals surface area contributed by atoms with Gasteiger partial charge < -0.3 is 5.32 Å². The Hall–Kier alpha value is -0.710. The van der Waals surface area contributed by atoms with Gasteiger partial charge in [0.25, 0.3) is 0 Å². The second-order valence-corrected chi connectivity index (χ2v) is 7.77. The lowest BCUT2D eigenvalue weighted by atomic mass is 9.77. The maximum absolute atomic E-state index is 6.49. The van der Waals surface area contributed by atoms with Crippen LogP contribution < -0.4 is 5.32 Å². The highest BCUT2D eigenvalue weighted by Gasteiger charge is 2.39. The first-order valence-electron chi connectivity index (χ1n) is 7.32. The van der Waals surface area contributed by atoms with Crippen molar-refractivity contribution >= 4 is 51.5 Å². The predicted molar refractivity (Wildman–Crippen MR) is 102 cm³/mol. The van der Waals surface area contributed by atoms with Gasteiger partial charge in [0.15, 0.2) is 0 Å². The van der Waals surface area contributed by atoms with Crippen molar-refractivity contribution in [1.82, 2.24) is 0 Å². The van der Waals surface area contributed by atoms with Crippen LogP contribution in [0.4, 0.5) is 5.69 Å². The van der Waals surface area contributed by atoms with Gasteiger partial charge in [-0.25, -0.2) is 0 Å². The molecule has 3 atom stereocenters. The molecule has 1 aliphatic heterocycles. The summed E-state index contributed by atoms with van der Waals surface area (Å²) >= 11 is 15.1.